The minimum absolute atomic E-state index is 0.255. The van der Waals surface area contributed by atoms with Crippen LogP contribution >= 0.6 is 39.5 Å². The maximum absolute atomic E-state index is 12.4. The molecule has 0 saturated carbocycles. The highest BCUT2D eigenvalue weighted by molar-refractivity contribution is 9.10. The number of methoxy groups -OCH3 is 1. The summed E-state index contributed by atoms with van der Waals surface area (Å²) in [5.41, 5.74) is 2.49. The van der Waals surface area contributed by atoms with Crippen molar-refractivity contribution in [1.29, 1.82) is 0 Å². The van der Waals surface area contributed by atoms with E-state index in [1.807, 2.05) is 31.2 Å². The first-order valence-electron chi connectivity index (χ1n) is 9.15. The third-order valence-electron chi connectivity index (χ3n) is 4.44. The quantitative estimate of drug-likeness (QED) is 0.390. The molecule has 0 aliphatic carbocycles. The third-order valence-corrected chi connectivity index (χ3v) is 6.26. The van der Waals surface area contributed by atoms with Crippen molar-refractivity contribution in [1.82, 2.24) is 30.4 Å². The number of benzene rings is 2. The summed E-state index contributed by atoms with van der Waals surface area (Å²) in [5, 5.41) is 19.5. The number of nitrogens with zero attached hydrogens (tertiary/aromatic N) is 4. The van der Waals surface area contributed by atoms with Gasteiger partial charge >= 0.3 is 0 Å². The lowest BCUT2D eigenvalue weighted by molar-refractivity contribution is 0.0976. The van der Waals surface area contributed by atoms with Gasteiger partial charge in [0.25, 0.3) is 5.91 Å². The molecule has 0 aliphatic rings. The first-order chi connectivity index (χ1) is 14.9. The van der Waals surface area contributed by atoms with E-state index in [0.29, 0.717) is 22.3 Å². The van der Waals surface area contributed by atoms with E-state index in [-0.39, 0.29) is 11.0 Å². The Morgan fingerprint density at radius 1 is 1.23 bits per heavy atom. The number of nitrogens with one attached hydrogen (secondary N) is 2. The van der Waals surface area contributed by atoms with E-state index in [4.69, 9.17) is 17.0 Å². The van der Waals surface area contributed by atoms with Crippen LogP contribution in [0.3, 0.4) is 0 Å². The van der Waals surface area contributed by atoms with Gasteiger partial charge in [0.15, 0.2) is 10.9 Å². The van der Waals surface area contributed by atoms with E-state index >= 15 is 0 Å². The number of rotatable bonds is 5. The van der Waals surface area contributed by atoms with Gasteiger partial charge in [-0.3, -0.25) is 10.1 Å². The number of amides is 1. The van der Waals surface area contributed by atoms with Crippen LogP contribution in [-0.4, -0.2) is 37.9 Å². The molecule has 4 aromatic rings. The van der Waals surface area contributed by atoms with Gasteiger partial charge in [0.1, 0.15) is 10.8 Å². The molecule has 0 bridgehead atoms. The summed E-state index contributed by atoms with van der Waals surface area (Å²) in [5.74, 6) is 1.12. The zero-order valence-electron chi connectivity index (χ0n) is 16.5. The Bertz CT molecular complexity index is 1270. The Morgan fingerprint density at radius 2 is 2.00 bits per heavy atom. The molecule has 1 amide bonds. The number of aryl methyl sites for hydroxylation is 1. The van der Waals surface area contributed by atoms with Gasteiger partial charge in [-0.1, -0.05) is 35.6 Å². The minimum atomic E-state index is -0.297. The number of fused-ring (bicyclic) bond motifs is 1. The summed E-state index contributed by atoms with van der Waals surface area (Å²) in [4.78, 5) is 13.1. The topological polar surface area (TPSA) is 93.4 Å². The van der Waals surface area contributed by atoms with Crippen molar-refractivity contribution in [3.63, 3.8) is 0 Å². The standard InChI is InChI=1S/C20H17BrN6O2S2/c1-11-24-25-20-27(11)26-18(31-20)13-5-3-12(4-6-13)10-22-19(30)23-17(28)14-7-8-16(29-2)15(21)9-14/h3-9H,10H2,1-2H3,(H2,22,23,28,30). The van der Waals surface area contributed by atoms with Crippen molar-refractivity contribution < 1.29 is 9.53 Å². The number of aromatic nitrogens is 4. The minimum Gasteiger partial charge on any atom is -0.496 e. The third kappa shape index (κ3) is 4.73. The molecule has 0 aliphatic heterocycles. The second-order valence-corrected chi connectivity index (χ2v) is 8.75. The molecule has 0 fully saturated rings. The molecule has 0 spiro atoms. The second-order valence-electron chi connectivity index (χ2n) is 6.53. The number of carbonyl (C=O) groups excluding carboxylic acids is 1. The summed E-state index contributed by atoms with van der Waals surface area (Å²) in [6.07, 6.45) is 0. The molecular formula is C20H17BrN6O2S2. The van der Waals surface area contributed by atoms with Gasteiger partial charge in [0.2, 0.25) is 4.96 Å². The Hall–Kier alpha value is -2.89. The maximum atomic E-state index is 12.4. The fourth-order valence-corrected chi connectivity index (χ4v) is 4.40. The van der Waals surface area contributed by atoms with Crippen LogP contribution in [0, 0.1) is 6.92 Å². The maximum Gasteiger partial charge on any atom is 0.257 e. The monoisotopic (exact) mass is 516 g/mol. The van der Waals surface area contributed by atoms with E-state index in [0.717, 1.165) is 26.9 Å². The van der Waals surface area contributed by atoms with Crippen LogP contribution in [0.5, 0.6) is 5.75 Å². The molecule has 0 atom stereocenters. The Kier molecular flexibility index (Phi) is 6.25. The van der Waals surface area contributed by atoms with Gasteiger partial charge in [-0.2, -0.15) is 9.61 Å². The largest absolute Gasteiger partial charge is 0.496 e. The van der Waals surface area contributed by atoms with Gasteiger partial charge in [-0.15, -0.1) is 10.2 Å². The molecule has 31 heavy (non-hydrogen) atoms. The van der Waals surface area contributed by atoms with Crippen LogP contribution in [0.1, 0.15) is 21.7 Å². The van der Waals surface area contributed by atoms with Gasteiger partial charge in [0.05, 0.1) is 11.6 Å². The SMILES string of the molecule is COc1ccc(C(=O)NC(=S)NCc2ccc(-c3nn4c(C)nnc4s3)cc2)cc1Br. The lowest BCUT2D eigenvalue weighted by Gasteiger charge is -2.11. The molecule has 158 valence electrons. The summed E-state index contributed by atoms with van der Waals surface area (Å²) in [6, 6.07) is 13.0. The van der Waals surface area contributed by atoms with Gasteiger partial charge in [-0.25, -0.2) is 0 Å². The normalized spacial score (nSPS) is 10.8. The van der Waals surface area contributed by atoms with Crippen LogP contribution in [-0.2, 0) is 6.54 Å². The molecule has 2 heterocycles. The highest BCUT2D eigenvalue weighted by atomic mass is 79.9. The fourth-order valence-electron chi connectivity index (χ4n) is 2.81. The Labute approximate surface area is 195 Å². The molecule has 0 saturated heterocycles. The van der Waals surface area contributed by atoms with Crippen LogP contribution in [0.4, 0.5) is 0 Å². The second kappa shape index (κ2) is 9.08. The number of halogens is 1. The van der Waals surface area contributed by atoms with Crippen LogP contribution in [0.25, 0.3) is 15.5 Å². The summed E-state index contributed by atoms with van der Waals surface area (Å²) < 4.78 is 7.60. The number of hydrogen-bond acceptors (Lipinski definition) is 7. The molecule has 0 radical (unpaired) electrons. The van der Waals surface area contributed by atoms with Crippen molar-refractivity contribution in [2.24, 2.45) is 0 Å². The highest BCUT2D eigenvalue weighted by Crippen LogP contribution is 2.26. The van der Waals surface area contributed by atoms with Crippen molar-refractivity contribution in [3.8, 4) is 16.3 Å². The fraction of sp³-hybridized carbons (Fsp3) is 0.150. The van der Waals surface area contributed by atoms with Crippen molar-refractivity contribution in [2.45, 2.75) is 13.5 Å². The van der Waals surface area contributed by atoms with Gasteiger partial charge < -0.3 is 10.1 Å². The first-order valence-corrected chi connectivity index (χ1v) is 11.2. The van der Waals surface area contributed by atoms with E-state index in [1.54, 1.807) is 29.8 Å². The van der Waals surface area contributed by atoms with Crippen LogP contribution in [0.15, 0.2) is 46.9 Å². The van der Waals surface area contributed by atoms with Crippen molar-refractivity contribution >= 4 is 55.5 Å². The average Bonchev–Trinajstić information content (AvgIpc) is 3.34. The lowest BCUT2D eigenvalue weighted by Crippen LogP contribution is -2.38. The number of thiocarbonyl (C=S) groups is 1. The van der Waals surface area contributed by atoms with E-state index in [1.165, 1.54) is 11.3 Å². The molecule has 2 N–H and O–H groups in total. The van der Waals surface area contributed by atoms with E-state index in [9.17, 15) is 4.79 Å². The molecule has 4 rings (SSSR count). The average molecular weight is 517 g/mol. The Balaban J connectivity index is 1.34. The molecule has 2 aromatic carbocycles. The highest BCUT2D eigenvalue weighted by Gasteiger charge is 2.12. The predicted octanol–water partition coefficient (Wildman–Crippen LogP) is 3.74. The van der Waals surface area contributed by atoms with E-state index in [2.05, 4.69) is 41.9 Å². The Morgan fingerprint density at radius 3 is 2.68 bits per heavy atom. The summed E-state index contributed by atoms with van der Waals surface area (Å²) >= 11 is 10.1. The molecular weight excluding hydrogens is 500 g/mol. The zero-order chi connectivity index (χ0) is 22.0. The van der Waals surface area contributed by atoms with Crippen LogP contribution < -0.4 is 15.4 Å². The molecule has 0 unspecified atom stereocenters. The first kappa shape index (κ1) is 21.3. The van der Waals surface area contributed by atoms with Crippen molar-refractivity contribution in [3.05, 3.63) is 63.9 Å². The van der Waals surface area contributed by atoms with Gasteiger partial charge in [0, 0.05) is 17.7 Å². The summed E-state index contributed by atoms with van der Waals surface area (Å²) in [6.45, 7) is 2.35. The molecule has 11 heteroatoms. The summed E-state index contributed by atoms with van der Waals surface area (Å²) in [7, 11) is 1.57. The van der Waals surface area contributed by atoms with Crippen LogP contribution in [0.2, 0.25) is 0 Å². The van der Waals surface area contributed by atoms with E-state index < -0.39 is 0 Å². The zero-order valence-corrected chi connectivity index (χ0v) is 19.8. The molecule has 2 aromatic heterocycles. The lowest BCUT2D eigenvalue weighted by atomic mass is 10.1. The predicted molar refractivity (Wildman–Crippen MR) is 126 cm³/mol. The smallest absolute Gasteiger partial charge is 0.257 e. The number of carbonyl (C=O) groups is 1. The number of hydrogen-bond donors (Lipinski definition) is 2. The number of ether oxygens (including phenoxy) is 1. The van der Waals surface area contributed by atoms with Gasteiger partial charge in [-0.05, 0) is 58.8 Å². The molecule has 8 nitrogen and oxygen atoms in total. The van der Waals surface area contributed by atoms with Crippen molar-refractivity contribution in [2.75, 3.05) is 7.11 Å².